The van der Waals surface area contributed by atoms with Crippen molar-refractivity contribution < 1.29 is 14.3 Å². The quantitative estimate of drug-likeness (QED) is 0.727. The molecule has 5 nitrogen and oxygen atoms in total. The van der Waals surface area contributed by atoms with E-state index in [1.165, 1.54) is 16.6 Å². The van der Waals surface area contributed by atoms with Crippen LogP contribution in [0.1, 0.15) is 23.7 Å². The molecule has 144 valence electrons. The van der Waals surface area contributed by atoms with Crippen molar-refractivity contribution in [2.45, 2.75) is 19.9 Å². The van der Waals surface area contributed by atoms with Gasteiger partial charge >= 0.3 is 0 Å². The van der Waals surface area contributed by atoms with Gasteiger partial charge in [-0.25, -0.2) is 0 Å². The highest BCUT2D eigenvalue weighted by Gasteiger charge is 2.24. The molecule has 0 fully saturated rings. The summed E-state index contributed by atoms with van der Waals surface area (Å²) < 4.78 is 11.2. The van der Waals surface area contributed by atoms with Gasteiger partial charge in [0.2, 0.25) is 0 Å². The van der Waals surface area contributed by atoms with Crippen LogP contribution in [0.15, 0.2) is 48.5 Å². The van der Waals surface area contributed by atoms with Crippen LogP contribution < -0.4 is 9.47 Å². The van der Waals surface area contributed by atoms with Gasteiger partial charge in [-0.15, -0.1) is 0 Å². The van der Waals surface area contributed by atoms with Crippen LogP contribution in [0.3, 0.4) is 0 Å². The summed E-state index contributed by atoms with van der Waals surface area (Å²) in [5.74, 6) is 1.19. The summed E-state index contributed by atoms with van der Waals surface area (Å²) in [5.41, 5.74) is 4.60. The number of carbonyl (C=O) groups excluding carboxylic acids is 1. The lowest BCUT2D eigenvalue weighted by atomic mass is 10.0. The van der Waals surface area contributed by atoms with Gasteiger partial charge in [-0.1, -0.05) is 36.4 Å². The van der Waals surface area contributed by atoms with Crippen molar-refractivity contribution in [3.63, 3.8) is 0 Å². The van der Waals surface area contributed by atoms with Gasteiger partial charge in [0.1, 0.15) is 0 Å². The van der Waals surface area contributed by atoms with Crippen LogP contribution in [0, 0.1) is 0 Å². The lowest BCUT2D eigenvalue weighted by Gasteiger charge is -2.27. The van der Waals surface area contributed by atoms with E-state index in [1.54, 1.807) is 7.11 Å². The number of methoxy groups -OCH3 is 1. The molecular weight excluding hydrogens is 352 g/mol. The molecule has 28 heavy (non-hydrogen) atoms. The summed E-state index contributed by atoms with van der Waals surface area (Å²) in [6.07, 6.45) is 4.79. The van der Waals surface area contributed by atoms with Crippen molar-refractivity contribution in [3.8, 4) is 11.5 Å². The number of nitrogens with one attached hydrogen (secondary N) is 1. The number of fused-ring (bicyclic) bond motifs is 3. The van der Waals surface area contributed by atoms with Gasteiger partial charge in [0.25, 0.3) is 5.91 Å². The number of hydrogen-bond donors (Lipinski definition) is 1. The number of para-hydroxylation sites is 1. The number of hydrogen-bond acceptors (Lipinski definition) is 3. The highest BCUT2D eigenvalue weighted by Crippen LogP contribution is 2.30. The summed E-state index contributed by atoms with van der Waals surface area (Å²) >= 11 is 0. The number of ether oxygens (including phenoxy) is 2. The van der Waals surface area contributed by atoms with E-state index in [9.17, 15) is 4.79 Å². The van der Waals surface area contributed by atoms with Crippen molar-refractivity contribution in [2.24, 2.45) is 0 Å². The third-order valence-corrected chi connectivity index (χ3v) is 5.13. The molecule has 1 amide bonds. The van der Waals surface area contributed by atoms with Crippen molar-refractivity contribution in [1.82, 2.24) is 9.88 Å². The standard InChI is InChI=1S/C23H24N2O3/c1-3-6-16-9-10-21(22(13-16)27-2)28-15-23(26)25-12-11-20-18(14-25)17-7-4-5-8-19(17)24-20/h3-10,13,24H,11-12,14-15H2,1-2H3/b6-3+. The molecule has 3 aromatic rings. The molecule has 2 heterocycles. The number of aromatic nitrogens is 1. The molecule has 0 saturated carbocycles. The third-order valence-electron chi connectivity index (χ3n) is 5.13. The lowest BCUT2D eigenvalue weighted by Crippen LogP contribution is -2.38. The Labute approximate surface area is 164 Å². The summed E-state index contributed by atoms with van der Waals surface area (Å²) in [7, 11) is 1.60. The molecule has 5 heteroatoms. The van der Waals surface area contributed by atoms with Crippen LogP contribution in [0.2, 0.25) is 0 Å². The average molecular weight is 376 g/mol. The summed E-state index contributed by atoms with van der Waals surface area (Å²) in [6.45, 7) is 3.27. The van der Waals surface area contributed by atoms with Gasteiger partial charge in [0.05, 0.1) is 7.11 Å². The molecule has 1 aliphatic rings. The minimum Gasteiger partial charge on any atom is -0.493 e. The normalized spacial score (nSPS) is 13.7. The van der Waals surface area contributed by atoms with Crippen LogP contribution in [0.25, 0.3) is 17.0 Å². The number of H-pyrrole nitrogens is 1. The number of carbonyl (C=O) groups is 1. The van der Waals surface area contributed by atoms with Crippen molar-refractivity contribution in [3.05, 3.63) is 65.4 Å². The van der Waals surface area contributed by atoms with Gasteiger partial charge in [0, 0.05) is 41.7 Å². The number of rotatable bonds is 5. The fourth-order valence-electron chi connectivity index (χ4n) is 3.71. The molecule has 0 bridgehead atoms. The number of nitrogens with zero attached hydrogens (tertiary/aromatic N) is 1. The number of allylic oxidation sites excluding steroid dienone is 1. The molecular formula is C23H24N2O3. The second-order valence-corrected chi connectivity index (χ2v) is 6.89. The highest BCUT2D eigenvalue weighted by atomic mass is 16.5. The number of benzene rings is 2. The van der Waals surface area contributed by atoms with E-state index in [4.69, 9.17) is 9.47 Å². The zero-order chi connectivity index (χ0) is 19.5. The topological polar surface area (TPSA) is 54.6 Å². The Kier molecular flexibility index (Phi) is 5.06. The summed E-state index contributed by atoms with van der Waals surface area (Å²) in [5, 5.41) is 1.19. The Morgan fingerprint density at radius 2 is 2.07 bits per heavy atom. The van der Waals surface area contributed by atoms with Crippen LogP contribution in [0.4, 0.5) is 0 Å². The molecule has 0 radical (unpaired) electrons. The summed E-state index contributed by atoms with van der Waals surface area (Å²) in [4.78, 5) is 18.1. The highest BCUT2D eigenvalue weighted by molar-refractivity contribution is 5.86. The lowest BCUT2D eigenvalue weighted by molar-refractivity contribution is -0.134. The number of amides is 1. The molecule has 0 aliphatic carbocycles. The predicted octanol–water partition coefficient (Wildman–Crippen LogP) is 4.17. The SMILES string of the molecule is C/C=C/c1ccc(OCC(=O)N2CCc3[nH]c4ccccc4c3C2)c(OC)c1. The summed E-state index contributed by atoms with van der Waals surface area (Å²) in [6, 6.07) is 13.9. The largest absolute Gasteiger partial charge is 0.493 e. The Morgan fingerprint density at radius 3 is 2.89 bits per heavy atom. The smallest absolute Gasteiger partial charge is 0.260 e. The molecule has 2 aromatic carbocycles. The molecule has 1 aromatic heterocycles. The average Bonchev–Trinajstić information content (AvgIpc) is 3.10. The van der Waals surface area contributed by atoms with Crippen LogP contribution >= 0.6 is 0 Å². The molecule has 1 N–H and O–H groups in total. The molecule has 0 saturated heterocycles. The Bertz CT molecular complexity index is 1040. The van der Waals surface area contributed by atoms with E-state index in [0.29, 0.717) is 24.6 Å². The Morgan fingerprint density at radius 1 is 1.21 bits per heavy atom. The van der Waals surface area contributed by atoms with Gasteiger partial charge < -0.3 is 19.4 Å². The zero-order valence-electron chi connectivity index (χ0n) is 16.2. The second kappa shape index (κ2) is 7.80. The fraction of sp³-hybridized carbons (Fsp3) is 0.261. The minimum atomic E-state index is -0.0180. The Balaban J connectivity index is 1.45. The van der Waals surface area contributed by atoms with Gasteiger partial charge in [-0.05, 0) is 30.7 Å². The van der Waals surface area contributed by atoms with Crippen LogP contribution in [-0.4, -0.2) is 36.1 Å². The van der Waals surface area contributed by atoms with Crippen molar-refractivity contribution in [2.75, 3.05) is 20.3 Å². The van der Waals surface area contributed by atoms with E-state index in [-0.39, 0.29) is 12.5 Å². The second-order valence-electron chi connectivity index (χ2n) is 6.89. The fourth-order valence-corrected chi connectivity index (χ4v) is 3.71. The van der Waals surface area contributed by atoms with Crippen molar-refractivity contribution >= 4 is 22.9 Å². The number of aromatic amines is 1. The van der Waals surface area contributed by atoms with Gasteiger partial charge in [-0.3, -0.25) is 4.79 Å². The first-order valence-electron chi connectivity index (χ1n) is 9.49. The molecule has 0 spiro atoms. The van der Waals surface area contributed by atoms with E-state index >= 15 is 0 Å². The van der Waals surface area contributed by atoms with E-state index in [2.05, 4.69) is 17.1 Å². The molecule has 0 unspecified atom stereocenters. The van der Waals surface area contributed by atoms with Crippen LogP contribution in [-0.2, 0) is 17.8 Å². The van der Waals surface area contributed by atoms with Crippen molar-refractivity contribution in [1.29, 1.82) is 0 Å². The maximum Gasteiger partial charge on any atom is 0.260 e. The maximum absolute atomic E-state index is 12.7. The van der Waals surface area contributed by atoms with E-state index in [1.807, 2.05) is 54.3 Å². The Hall–Kier alpha value is -3.21. The first kappa shape index (κ1) is 18.2. The third kappa shape index (κ3) is 3.48. The van der Waals surface area contributed by atoms with Crippen LogP contribution in [0.5, 0.6) is 11.5 Å². The monoisotopic (exact) mass is 376 g/mol. The molecule has 0 atom stereocenters. The predicted molar refractivity (Wildman–Crippen MR) is 111 cm³/mol. The van der Waals surface area contributed by atoms with Gasteiger partial charge in [-0.2, -0.15) is 0 Å². The maximum atomic E-state index is 12.7. The zero-order valence-corrected chi connectivity index (χ0v) is 16.2. The van der Waals surface area contributed by atoms with E-state index < -0.39 is 0 Å². The first-order chi connectivity index (χ1) is 13.7. The first-order valence-corrected chi connectivity index (χ1v) is 9.49. The van der Waals surface area contributed by atoms with Gasteiger partial charge in [0.15, 0.2) is 18.1 Å². The van der Waals surface area contributed by atoms with E-state index in [0.717, 1.165) is 17.5 Å². The minimum absolute atomic E-state index is 0.00296. The molecule has 1 aliphatic heterocycles. The molecule has 4 rings (SSSR count).